The van der Waals surface area contributed by atoms with E-state index in [0.29, 0.717) is 41.1 Å². The number of ketones is 1. The Morgan fingerprint density at radius 3 is 2.62 bits per heavy atom. The quantitative estimate of drug-likeness (QED) is 0.273. The normalized spacial score (nSPS) is 15.6. The molecule has 3 heterocycles. The molecule has 8 nitrogen and oxygen atoms in total. The summed E-state index contributed by atoms with van der Waals surface area (Å²) in [6.45, 7) is 6.71. The van der Waals surface area contributed by atoms with Gasteiger partial charge in [0.05, 0.1) is 36.1 Å². The summed E-state index contributed by atoms with van der Waals surface area (Å²) >= 11 is 1.25. The molecule has 2 aromatic heterocycles. The van der Waals surface area contributed by atoms with E-state index in [-0.39, 0.29) is 35.6 Å². The van der Waals surface area contributed by atoms with E-state index >= 15 is 0 Å². The first-order chi connectivity index (χ1) is 16.4. The summed E-state index contributed by atoms with van der Waals surface area (Å²) in [4.78, 5) is 28.7. The van der Waals surface area contributed by atoms with Gasteiger partial charge in [0.2, 0.25) is 0 Å². The van der Waals surface area contributed by atoms with Crippen LogP contribution in [0.25, 0.3) is 11.4 Å². The third-order valence-corrected chi connectivity index (χ3v) is 6.66. The molecule has 180 valence electrons. The number of aryl methyl sites for hydroxylation is 2. The number of esters is 1. The van der Waals surface area contributed by atoms with Gasteiger partial charge in [0.25, 0.3) is 0 Å². The third kappa shape index (κ3) is 5.07. The molecule has 1 aliphatic heterocycles. The second-order valence-electron chi connectivity index (χ2n) is 8.12. The van der Waals surface area contributed by atoms with Gasteiger partial charge in [-0.1, -0.05) is 11.8 Å². The SMILES string of the molecule is CCOC(=O)c1c(C)[nH]c(C)c1C(=O)CSc1nnc(-c2ccc(F)cc2)n1C[C@@H]1CCCO1. The number of nitrogens with one attached hydrogen (secondary N) is 1. The number of ether oxygens (including phenoxy) is 2. The number of benzene rings is 1. The van der Waals surface area contributed by atoms with E-state index in [2.05, 4.69) is 15.2 Å². The number of H-pyrrole nitrogens is 1. The van der Waals surface area contributed by atoms with Crippen LogP contribution in [-0.4, -0.2) is 56.6 Å². The second kappa shape index (κ2) is 10.5. The maximum Gasteiger partial charge on any atom is 0.340 e. The Labute approximate surface area is 201 Å². The van der Waals surface area contributed by atoms with Crippen LogP contribution in [0.1, 0.15) is 51.9 Å². The van der Waals surface area contributed by atoms with Crippen molar-refractivity contribution in [1.82, 2.24) is 19.7 Å². The van der Waals surface area contributed by atoms with Crippen LogP contribution >= 0.6 is 11.8 Å². The summed E-state index contributed by atoms with van der Waals surface area (Å²) in [5, 5.41) is 9.20. The van der Waals surface area contributed by atoms with Gasteiger partial charge in [-0.2, -0.15) is 0 Å². The van der Waals surface area contributed by atoms with Gasteiger partial charge >= 0.3 is 5.97 Å². The predicted molar refractivity (Wildman–Crippen MR) is 126 cm³/mol. The van der Waals surface area contributed by atoms with Crippen molar-refractivity contribution >= 4 is 23.5 Å². The summed E-state index contributed by atoms with van der Waals surface area (Å²) in [5.74, 6) is -0.393. The first-order valence-electron chi connectivity index (χ1n) is 11.2. The lowest BCUT2D eigenvalue weighted by Crippen LogP contribution is -2.17. The summed E-state index contributed by atoms with van der Waals surface area (Å²) in [5.41, 5.74) is 2.57. The average molecular weight is 487 g/mol. The van der Waals surface area contributed by atoms with Gasteiger partial charge in [0.1, 0.15) is 5.82 Å². The van der Waals surface area contributed by atoms with Crippen molar-refractivity contribution in [3.63, 3.8) is 0 Å². The first kappa shape index (κ1) is 24.2. The molecule has 0 bridgehead atoms. The van der Waals surface area contributed by atoms with E-state index in [4.69, 9.17) is 9.47 Å². The zero-order valence-electron chi connectivity index (χ0n) is 19.4. The van der Waals surface area contributed by atoms with E-state index < -0.39 is 5.97 Å². The zero-order chi connectivity index (χ0) is 24.2. The molecule has 1 saturated heterocycles. The van der Waals surface area contributed by atoms with E-state index in [9.17, 15) is 14.0 Å². The van der Waals surface area contributed by atoms with Crippen molar-refractivity contribution in [1.29, 1.82) is 0 Å². The molecule has 0 radical (unpaired) electrons. The Kier molecular flexibility index (Phi) is 7.47. The summed E-state index contributed by atoms with van der Waals surface area (Å²) in [6.07, 6.45) is 1.94. The molecule has 0 amide bonds. The van der Waals surface area contributed by atoms with Crippen LogP contribution in [0, 0.1) is 19.7 Å². The topological polar surface area (TPSA) is 99.1 Å². The van der Waals surface area contributed by atoms with Crippen molar-refractivity contribution < 1.29 is 23.5 Å². The van der Waals surface area contributed by atoms with Gasteiger partial charge in [0, 0.05) is 23.6 Å². The number of halogens is 1. The Morgan fingerprint density at radius 2 is 1.94 bits per heavy atom. The average Bonchev–Trinajstić information content (AvgIpc) is 3.53. The van der Waals surface area contributed by atoms with Crippen molar-refractivity contribution in [2.45, 2.75) is 51.4 Å². The number of aromatic amines is 1. The molecule has 1 fully saturated rings. The molecule has 0 saturated carbocycles. The van der Waals surface area contributed by atoms with Crippen molar-refractivity contribution in [2.75, 3.05) is 19.0 Å². The number of hydrogen-bond acceptors (Lipinski definition) is 7. The fourth-order valence-electron chi connectivity index (χ4n) is 4.16. The Morgan fingerprint density at radius 1 is 1.21 bits per heavy atom. The predicted octanol–water partition coefficient (Wildman–Crippen LogP) is 4.36. The monoisotopic (exact) mass is 486 g/mol. The zero-order valence-corrected chi connectivity index (χ0v) is 20.2. The smallest absolute Gasteiger partial charge is 0.340 e. The number of carbonyl (C=O) groups is 2. The van der Waals surface area contributed by atoms with Crippen LogP contribution in [0.3, 0.4) is 0 Å². The molecule has 34 heavy (non-hydrogen) atoms. The number of Topliss-reactive ketones (excluding diaryl/α,β-unsaturated/α-hetero) is 1. The number of thioether (sulfide) groups is 1. The Balaban J connectivity index is 1.59. The number of rotatable bonds is 9. The highest BCUT2D eigenvalue weighted by Crippen LogP contribution is 2.28. The van der Waals surface area contributed by atoms with Crippen LogP contribution < -0.4 is 0 Å². The van der Waals surface area contributed by atoms with Gasteiger partial charge in [-0.25, -0.2) is 9.18 Å². The van der Waals surface area contributed by atoms with Crippen LogP contribution in [0.5, 0.6) is 0 Å². The molecule has 1 N–H and O–H groups in total. The molecule has 0 spiro atoms. The highest BCUT2D eigenvalue weighted by Gasteiger charge is 2.27. The van der Waals surface area contributed by atoms with Crippen LogP contribution in [0.15, 0.2) is 29.4 Å². The minimum Gasteiger partial charge on any atom is -0.462 e. The lowest BCUT2D eigenvalue weighted by atomic mass is 10.1. The van der Waals surface area contributed by atoms with Crippen molar-refractivity contribution in [2.24, 2.45) is 0 Å². The highest BCUT2D eigenvalue weighted by molar-refractivity contribution is 7.99. The number of carbonyl (C=O) groups excluding carboxylic acids is 2. The first-order valence-corrected chi connectivity index (χ1v) is 12.2. The molecule has 10 heteroatoms. The largest absolute Gasteiger partial charge is 0.462 e. The lowest BCUT2D eigenvalue weighted by molar-refractivity contribution is 0.0522. The minimum absolute atomic E-state index is 0.0234. The minimum atomic E-state index is -0.516. The molecule has 3 aromatic rings. The van der Waals surface area contributed by atoms with Crippen molar-refractivity contribution in [3.8, 4) is 11.4 Å². The molecule has 4 rings (SSSR count). The van der Waals surface area contributed by atoms with E-state index in [1.54, 1.807) is 32.9 Å². The fourth-order valence-corrected chi connectivity index (χ4v) is 4.97. The van der Waals surface area contributed by atoms with Gasteiger partial charge in [-0.05, 0) is 57.9 Å². The standard InChI is InChI=1S/C24H27FN4O4S/c1-4-32-23(31)21-15(3)26-14(2)20(21)19(30)13-34-24-28-27-22(16-7-9-17(25)10-8-16)29(24)12-18-6-5-11-33-18/h7-10,18,26H,4-6,11-13H2,1-3H3/t18-/m0/s1. The summed E-state index contributed by atoms with van der Waals surface area (Å²) in [6, 6.07) is 6.07. The van der Waals surface area contributed by atoms with Crippen LogP contribution in [0.2, 0.25) is 0 Å². The molecule has 0 unspecified atom stereocenters. The molecular weight excluding hydrogens is 459 g/mol. The van der Waals surface area contributed by atoms with Crippen LogP contribution in [-0.2, 0) is 16.0 Å². The summed E-state index contributed by atoms with van der Waals surface area (Å²) in [7, 11) is 0. The Bertz CT molecular complexity index is 1180. The highest BCUT2D eigenvalue weighted by atomic mass is 32.2. The van der Waals surface area contributed by atoms with Crippen molar-refractivity contribution in [3.05, 3.63) is 52.6 Å². The fraction of sp³-hybridized carbons (Fsp3) is 0.417. The molecule has 1 aliphatic rings. The van der Waals surface area contributed by atoms with Gasteiger partial charge in [-0.3, -0.25) is 9.36 Å². The number of nitrogens with zero attached hydrogens (tertiary/aromatic N) is 3. The second-order valence-corrected chi connectivity index (χ2v) is 9.06. The van der Waals surface area contributed by atoms with Crippen LogP contribution in [0.4, 0.5) is 4.39 Å². The maximum absolute atomic E-state index is 13.4. The molecule has 1 atom stereocenters. The summed E-state index contributed by atoms with van der Waals surface area (Å²) < 4.78 is 26.3. The Hall–Kier alpha value is -2.98. The van der Waals surface area contributed by atoms with Gasteiger partial charge in [-0.15, -0.1) is 10.2 Å². The third-order valence-electron chi connectivity index (χ3n) is 5.70. The number of hydrogen-bond donors (Lipinski definition) is 1. The lowest BCUT2D eigenvalue weighted by Gasteiger charge is -2.14. The number of aromatic nitrogens is 4. The van der Waals surface area contributed by atoms with Gasteiger partial charge in [0.15, 0.2) is 16.8 Å². The van der Waals surface area contributed by atoms with Gasteiger partial charge < -0.3 is 14.5 Å². The van der Waals surface area contributed by atoms with E-state index in [1.165, 1.54) is 23.9 Å². The molecule has 1 aromatic carbocycles. The maximum atomic E-state index is 13.4. The molecular formula is C24H27FN4O4S. The van der Waals surface area contributed by atoms with E-state index in [0.717, 1.165) is 18.4 Å². The van der Waals surface area contributed by atoms with E-state index in [1.807, 2.05) is 4.57 Å². The molecule has 0 aliphatic carbocycles.